The molecule has 8 nitrogen and oxygen atoms in total. The van der Waals surface area contributed by atoms with Gasteiger partial charge in [0.1, 0.15) is 17.8 Å². The van der Waals surface area contributed by atoms with Gasteiger partial charge in [0.25, 0.3) is 0 Å². The number of ether oxygens (including phenoxy) is 3. The van der Waals surface area contributed by atoms with Gasteiger partial charge >= 0.3 is 18.4 Å². The molecule has 2 fully saturated rings. The Labute approximate surface area is 221 Å². The van der Waals surface area contributed by atoms with Crippen molar-refractivity contribution in [3.63, 3.8) is 0 Å². The van der Waals surface area contributed by atoms with Crippen molar-refractivity contribution in [3.05, 3.63) is 47.8 Å². The number of halogens is 7. The van der Waals surface area contributed by atoms with Crippen molar-refractivity contribution >= 4 is 18.5 Å². The molecule has 212 valence electrons. The Morgan fingerprint density at radius 3 is 1.61 bits per heavy atom. The minimum atomic E-state index is -4.42. The van der Waals surface area contributed by atoms with Crippen LogP contribution in [-0.4, -0.2) is 64.9 Å². The summed E-state index contributed by atoms with van der Waals surface area (Å²) in [7, 11) is 0. The zero-order chi connectivity index (χ0) is 27.4. The van der Waals surface area contributed by atoms with Crippen LogP contribution in [0, 0.1) is 0 Å². The summed E-state index contributed by atoms with van der Waals surface area (Å²) < 4.78 is 89.6. The summed E-state index contributed by atoms with van der Waals surface area (Å²) in [6, 6.07) is 4.28. The second-order valence-corrected chi connectivity index (χ2v) is 9.29. The molecule has 38 heavy (non-hydrogen) atoms. The van der Waals surface area contributed by atoms with E-state index in [9.17, 15) is 31.1 Å². The first-order valence-corrected chi connectivity index (χ1v) is 11.2. The molecule has 0 aliphatic carbocycles. The minimum absolute atomic E-state index is 0. The number of likely N-dealkylation sites (tertiary alicyclic amines) is 1. The fourth-order valence-electron chi connectivity index (χ4n) is 2.91. The molecular weight excluding hydrogens is 546 g/mol. The summed E-state index contributed by atoms with van der Waals surface area (Å²) in [6.45, 7) is 7.36. The SMILES string of the molecule is CC(C)(C)OC(=O)N1CC(Oc2ccc(C(F)(F)F)cn2)C1.Cl.FC(F)(F)c1ccc(OC2CNC2)nc1. The molecule has 4 rings (SSSR count). The van der Waals surface area contributed by atoms with Crippen molar-refractivity contribution in [2.75, 3.05) is 26.2 Å². The third-order valence-electron chi connectivity index (χ3n) is 4.95. The lowest BCUT2D eigenvalue weighted by molar-refractivity contribution is -0.138. The Kier molecular flexibility index (Phi) is 10.1. The zero-order valence-electron chi connectivity index (χ0n) is 20.6. The molecule has 2 aromatic heterocycles. The van der Waals surface area contributed by atoms with Crippen molar-refractivity contribution in [1.29, 1.82) is 0 Å². The molecule has 2 aliphatic heterocycles. The predicted molar refractivity (Wildman–Crippen MR) is 125 cm³/mol. The van der Waals surface area contributed by atoms with Gasteiger partial charge in [-0.1, -0.05) is 0 Å². The smallest absolute Gasteiger partial charge is 0.417 e. The lowest BCUT2D eigenvalue weighted by atomic mass is 10.1. The van der Waals surface area contributed by atoms with Gasteiger partial charge in [0.05, 0.1) is 24.2 Å². The first-order chi connectivity index (χ1) is 17.1. The Balaban J connectivity index is 0.000000277. The van der Waals surface area contributed by atoms with E-state index in [1.807, 2.05) is 0 Å². The number of amides is 1. The Bertz CT molecular complexity index is 1040. The third kappa shape index (κ3) is 9.39. The van der Waals surface area contributed by atoms with Gasteiger partial charge in [-0.05, 0) is 32.9 Å². The van der Waals surface area contributed by atoms with Gasteiger partial charge in [0.15, 0.2) is 0 Å². The average molecular weight is 573 g/mol. The van der Waals surface area contributed by atoms with Gasteiger partial charge in [-0.25, -0.2) is 14.8 Å². The predicted octanol–water partition coefficient (Wildman–Crippen LogP) is 4.97. The monoisotopic (exact) mass is 572 g/mol. The van der Waals surface area contributed by atoms with Gasteiger partial charge in [0.2, 0.25) is 11.8 Å². The molecule has 2 saturated heterocycles. The summed E-state index contributed by atoms with van der Waals surface area (Å²) in [5, 5.41) is 2.98. The third-order valence-corrected chi connectivity index (χ3v) is 4.95. The van der Waals surface area contributed by atoms with Gasteiger partial charge in [0, 0.05) is 37.6 Å². The van der Waals surface area contributed by atoms with Crippen LogP contribution in [0.4, 0.5) is 31.1 Å². The number of hydrogen-bond donors (Lipinski definition) is 1. The Morgan fingerprint density at radius 1 is 0.842 bits per heavy atom. The molecular formula is C23H27ClF6N4O4. The van der Waals surface area contributed by atoms with E-state index in [1.54, 1.807) is 20.8 Å². The maximum Gasteiger partial charge on any atom is 0.417 e. The molecule has 1 amide bonds. The Morgan fingerprint density at radius 2 is 1.29 bits per heavy atom. The van der Waals surface area contributed by atoms with Gasteiger partial charge in [-0.3, -0.25) is 0 Å². The highest BCUT2D eigenvalue weighted by Crippen LogP contribution is 2.30. The van der Waals surface area contributed by atoms with Crippen LogP contribution in [0.25, 0.3) is 0 Å². The first kappa shape index (κ1) is 31.2. The van der Waals surface area contributed by atoms with Crippen LogP contribution >= 0.6 is 12.4 Å². The number of alkyl halides is 6. The van der Waals surface area contributed by atoms with Crippen molar-refractivity contribution in [1.82, 2.24) is 20.2 Å². The fourth-order valence-corrected chi connectivity index (χ4v) is 2.91. The second kappa shape index (κ2) is 12.2. The maximum absolute atomic E-state index is 12.4. The number of nitrogens with zero attached hydrogens (tertiary/aromatic N) is 3. The van der Waals surface area contributed by atoms with Gasteiger partial charge in [-0.2, -0.15) is 26.3 Å². The van der Waals surface area contributed by atoms with E-state index in [2.05, 4.69) is 15.3 Å². The van der Waals surface area contributed by atoms with Crippen molar-refractivity contribution < 1.29 is 45.3 Å². The standard InChI is InChI=1S/C14H17F3N2O3.C9H9F3N2O.ClH/c1-13(2,3)22-12(20)19-7-10(8-19)21-11-5-4-9(6-18-11)14(15,16)17;10-9(11,12)6-1-2-8(14-3-6)15-7-4-13-5-7;/h4-6,10H,7-8H2,1-3H3;1-3,7,13H,4-5H2;1H. The van der Waals surface area contributed by atoms with Crippen LogP contribution in [0.2, 0.25) is 0 Å². The highest BCUT2D eigenvalue weighted by molar-refractivity contribution is 5.85. The van der Waals surface area contributed by atoms with E-state index in [0.717, 1.165) is 24.5 Å². The molecule has 1 N–H and O–H groups in total. The molecule has 0 spiro atoms. The summed E-state index contributed by atoms with van der Waals surface area (Å²) in [6.07, 6.45) is -7.97. The van der Waals surface area contributed by atoms with Crippen molar-refractivity contribution in [2.45, 2.75) is 50.9 Å². The molecule has 0 aromatic carbocycles. The van der Waals surface area contributed by atoms with E-state index in [0.29, 0.717) is 26.2 Å². The van der Waals surface area contributed by atoms with Crippen molar-refractivity contribution in [3.8, 4) is 11.8 Å². The first-order valence-electron chi connectivity index (χ1n) is 11.2. The highest BCUT2D eigenvalue weighted by Gasteiger charge is 2.36. The molecule has 0 radical (unpaired) electrons. The number of aromatic nitrogens is 2. The molecule has 2 aliphatic rings. The Hall–Kier alpha value is -3.00. The van der Waals surface area contributed by atoms with Crippen LogP contribution in [0.1, 0.15) is 31.9 Å². The normalized spacial score (nSPS) is 16.2. The van der Waals surface area contributed by atoms with Crippen molar-refractivity contribution in [2.24, 2.45) is 0 Å². The van der Waals surface area contributed by atoms with Crippen LogP contribution in [0.15, 0.2) is 36.7 Å². The van der Waals surface area contributed by atoms with Crippen LogP contribution in [0.3, 0.4) is 0 Å². The molecule has 2 aromatic rings. The lowest BCUT2D eigenvalue weighted by Crippen LogP contribution is -2.57. The lowest BCUT2D eigenvalue weighted by Gasteiger charge is -2.39. The van der Waals surface area contributed by atoms with Gasteiger partial charge in [-0.15, -0.1) is 12.4 Å². The minimum Gasteiger partial charge on any atom is -0.472 e. The van der Waals surface area contributed by atoms with E-state index >= 15 is 0 Å². The molecule has 0 unspecified atom stereocenters. The number of carbonyl (C=O) groups excluding carboxylic acids is 1. The van der Waals surface area contributed by atoms with E-state index in [-0.39, 0.29) is 36.4 Å². The molecule has 15 heteroatoms. The van der Waals surface area contributed by atoms with Crippen LogP contribution in [0.5, 0.6) is 11.8 Å². The van der Waals surface area contributed by atoms with Gasteiger partial charge < -0.3 is 24.4 Å². The zero-order valence-corrected chi connectivity index (χ0v) is 21.4. The quantitative estimate of drug-likeness (QED) is 0.518. The van der Waals surface area contributed by atoms with E-state index in [4.69, 9.17) is 14.2 Å². The molecule has 0 bridgehead atoms. The number of rotatable bonds is 4. The number of hydrogen-bond acceptors (Lipinski definition) is 7. The highest BCUT2D eigenvalue weighted by atomic mass is 35.5. The molecule has 4 heterocycles. The van der Waals surface area contributed by atoms with Crippen LogP contribution < -0.4 is 14.8 Å². The van der Waals surface area contributed by atoms with E-state index < -0.39 is 35.2 Å². The fraction of sp³-hybridized carbons (Fsp3) is 0.522. The average Bonchev–Trinajstić information content (AvgIpc) is 2.71. The molecule has 0 atom stereocenters. The van der Waals surface area contributed by atoms with Crippen LogP contribution in [-0.2, 0) is 17.1 Å². The number of carbonyl (C=O) groups is 1. The summed E-state index contributed by atoms with van der Waals surface area (Å²) in [4.78, 5) is 20.4. The summed E-state index contributed by atoms with van der Waals surface area (Å²) in [5.41, 5.74) is -2.16. The summed E-state index contributed by atoms with van der Waals surface area (Å²) in [5.74, 6) is 0.330. The summed E-state index contributed by atoms with van der Waals surface area (Å²) >= 11 is 0. The molecule has 0 saturated carbocycles. The largest absolute Gasteiger partial charge is 0.472 e. The number of nitrogens with one attached hydrogen (secondary N) is 1. The number of pyridine rings is 2. The van der Waals surface area contributed by atoms with E-state index in [1.165, 1.54) is 17.0 Å². The second-order valence-electron chi connectivity index (χ2n) is 9.29. The maximum atomic E-state index is 12.4. The topological polar surface area (TPSA) is 85.8 Å².